The maximum Gasteiger partial charge on any atom is 0.345 e. The van der Waals surface area contributed by atoms with Crippen LogP contribution in [0.3, 0.4) is 0 Å². The number of ether oxygens (including phenoxy) is 1. The molecule has 0 spiro atoms. The Bertz CT molecular complexity index is 1010. The van der Waals surface area contributed by atoms with E-state index in [-0.39, 0.29) is 11.3 Å². The predicted octanol–water partition coefficient (Wildman–Crippen LogP) is 6.11. The highest BCUT2D eigenvalue weighted by Crippen LogP contribution is 2.23. The first-order chi connectivity index (χ1) is 13.0. The molecule has 0 atom stereocenters. The van der Waals surface area contributed by atoms with E-state index in [4.69, 9.17) is 27.9 Å². The Hall–Kier alpha value is -2.88. The van der Waals surface area contributed by atoms with Crippen LogP contribution < -0.4 is 4.74 Å². The smallest absolute Gasteiger partial charge is 0.345 e. The van der Waals surface area contributed by atoms with Crippen molar-refractivity contribution in [3.8, 4) is 5.75 Å². The van der Waals surface area contributed by atoms with E-state index < -0.39 is 5.97 Å². The Morgan fingerprint density at radius 3 is 2.22 bits per heavy atom. The molecule has 0 heterocycles. The number of rotatable bonds is 5. The summed E-state index contributed by atoms with van der Waals surface area (Å²) >= 11 is 11.9. The van der Waals surface area contributed by atoms with E-state index in [1.165, 1.54) is 6.08 Å². The first kappa shape index (κ1) is 18.9. The van der Waals surface area contributed by atoms with E-state index in [1.807, 2.05) is 0 Å². The number of halogens is 2. The van der Waals surface area contributed by atoms with Crippen LogP contribution in [0, 0.1) is 0 Å². The number of hydrogen-bond acceptors (Lipinski definition) is 3. The molecule has 0 radical (unpaired) electrons. The quantitative estimate of drug-likeness (QED) is 0.226. The van der Waals surface area contributed by atoms with Gasteiger partial charge >= 0.3 is 5.97 Å². The van der Waals surface area contributed by atoms with Crippen molar-refractivity contribution in [1.82, 2.24) is 0 Å². The fourth-order valence-corrected chi connectivity index (χ4v) is 2.71. The van der Waals surface area contributed by atoms with Gasteiger partial charge in [-0.1, -0.05) is 53.5 Å². The topological polar surface area (TPSA) is 43.4 Å². The van der Waals surface area contributed by atoms with Crippen LogP contribution in [-0.4, -0.2) is 11.8 Å². The minimum atomic E-state index is -0.564. The lowest BCUT2D eigenvalue weighted by Gasteiger charge is -2.08. The molecule has 0 amide bonds. The largest absolute Gasteiger partial charge is 0.422 e. The average molecular weight is 397 g/mol. The summed E-state index contributed by atoms with van der Waals surface area (Å²) in [5.74, 6) is -0.410. The van der Waals surface area contributed by atoms with E-state index in [1.54, 1.807) is 78.9 Å². The molecule has 0 aliphatic heterocycles. The summed E-state index contributed by atoms with van der Waals surface area (Å²) in [5, 5.41) is 0.876. The van der Waals surface area contributed by atoms with Crippen LogP contribution in [-0.2, 0) is 0 Å². The molecule has 0 aliphatic rings. The number of carbonyl (C=O) groups is 2. The number of esters is 1. The highest BCUT2D eigenvalue weighted by Gasteiger charge is 2.13. The molecular weight excluding hydrogens is 383 g/mol. The Morgan fingerprint density at radius 2 is 1.48 bits per heavy atom. The second kappa shape index (κ2) is 8.67. The minimum Gasteiger partial charge on any atom is -0.422 e. The van der Waals surface area contributed by atoms with Gasteiger partial charge in [0.1, 0.15) is 5.75 Å². The molecule has 0 saturated heterocycles. The molecule has 0 N–H and O–H groups in total. The van der Waals surface area contributed by atoms with Gasteiger partial charge in [-0.25, -0.2) is 4.79 Å². The van der Waals surface area contributed by atoms with Gasteiger partial charge in [0.2, 0.25) is 0 Å². The zero-order chi connectivity index (χ0) is 19.2. The number of hydrogen-bond donors (Lipinski definition) is 0. The third-order valence-corrected chi connectivity index (χ3v) is 4.34. The lowest BCUT2D eigenvalue weighted by Crippen LogP contribution is -2.09. The van der Waals surface area contributed by atoms with Crippen molar-refractivity contribution in [3.63, 3.8) is 0 Å². The predicted molar refractivity (Wildman–Crippen MR) is 108 cm³/mol. The molecule has 0 bridgehead atoms. The normalized spacial score (nSPS) is 10.7. The van der Waals surface area contributed by atoms with Crippen molar-refractivity contribution in [2.45, 2.75) is 0 Å². The van der Waals surface area contributed by atoms with Gasteiger partial charge in [-0.2, -0.15) is 0 Å². The molecule has 3 nitrogen and oxygen atoms in total. The van der Waals surface area contributed by atoms with Gasteiger partial charge in [0, 0.05) is 16.1 Å². The molecule has 0 aliphatic carbocycles. The van der Waals surface area contributed by atoms with Crippen LogP contribution in [0.4, 0.5) is 0 Å². The van der Waals surface area contributed by atoms with Gasteiger partial charge in [0.05, 0.1) is 10.6 Å². The summed E-state index contributed by atoms with van der Waals surface area (Å²) < 4.78 is 5.46. The van der Waals surface area contributed by atoms with Gasteiger partial charge in [-0.05, 0) is 54.6 Å². The monoisotopic (exact) mass is 396 g/mol. The molecule has 0 unspecified atom stereocenters. The SMILES string of the molecule is O=C(/C=C/c1ccccc1OC(=O)c1ccccc1Cl)c1ccc(Cl)cc1. The summed E-state index contributed by atoms with van der Waals surface area (Å²) in [6.07, 6.45) is 3.03. The Labute approximate surface area is 166 Å². The van der Waals surface area contributed by atoms with Gasteiger partial charge < -0.3 is 4.74 Å². The summed E-state index contributed by atoms with van der Waals surface area (Å²) in [5.41, 5.74) is 1.39. The lowest BCUT2D eigenvalue weighted by atomic mass is 10.1. The van der Waals surface area contributed by atoms with E-state index >= 15 is 0 Å². The van der Waals surface area contributed by atoms with Gasteiger partial charge in [0.25, 0.3) is 0 Å². The number of benzene rings is 3. The minimum absolute atomic E-state index is 0.182. The molecule has 5 heteroatoms. The highest BCUT2D eigenvalue weighted by molar-refractivity contribution is 6.33. The summed E-state index contributed by atoms with van der Waals surface area (Å²) in [6.45, 7) is 0. The molecule has 0 fully saturated rings. The first-order valence-corrected chi connectivity index (χ1v) is 8.84. The van der Waals surface area contributed by atoms with Crippen LogP contribution in [0.1, 0.15) is 26.3 Å². The second-order valence-corrected chi connectivity index (χ2v) is 6.46. The summed E-state index contributed by atoms with van der Waals surface area (Å²) in [7, 11) is 0. The molecule has 3 aromatic carbocycles. The van der Waals surface area contributed by atoms with Crippen molar-refractivity contribution in [2.24, 2.45) is 0 Å². The Kier molecular flexibility index (Phi) is 6.07. The van der Waals surface area contributed by atoms with Crippen LogP contribution >= 0.6 is 23.2 Å². The highest BCUT2D eigenvalue weighted by atomic mass is 35.5. The van der Waals surface area contributed by atoms with Crippen molar-refractivity contribution < 1.29 is 14.3 Å². The number of allylic oxidation sites excluding steroid dienone is 1. The van der Waals surface area contributed by atoms with E-state index in [0.717, 1.165) is 0 Å². The zero-order valence-electron chi connectivity index (χ0n) is 14.1. The Balaban J connectivity index is 1.80. The fraction of sp³-hybridized carbons (Fsp3) is 0. The molecule has 3 aromatic rings. The molecule has 0 aromatic heterocycles. The standard InChI is InChI=1S/C22H14Cl2O3/c23-17-12-9-15(10-13-17)20(25)14-11-16-5-1-4-8-21(16)27-22(26)18-6-2-3-7-19(18)24/h1-14H/b14-11+. The molecule has 134 valence electrons. The summed E-state index contributed by atoms with van der Waals surface area (Å²) in [4.78, 5) is 24.6. The first-order valence-electron chi connectivity index (χ1n) is 8.08. The fourth-order valence-electron chi connectivity index (χ4n) is 2.37. The van der Waals surface area contributed by atoms with E-state index in [2.05, 4.69) is 0 Å². The van der Waals surface area contributed by atoms with Crippen LogP contribution in [0.2, 0.25) is 10.0 Å². The van der Waals surface area contributed by atoms with Crippen molar-refractivity contribution in [2.75, 3.05) is 0 Å². The van der Waals surface area contributed by atoms with Crippen molar-refractivity contribution in [1.29, 1.82) is 0 Å². The Morgan fingerprint density at radius 1 is 0.815 bits per heavy atom. The molecule has 3 rings (SSSR count). The molecular formula is C22H14Cl2O3. The van der Waals surface area contributed by atoms with Crippen LogP contribution in [0.25, 0.3) is 6.08 Å². The van der Waals surface area contributed by atoms with Gasteiger partial charge in [0.15, 0.2) is 5.78 Å². The van der Waals surface area contributed by atoms with Crippen LogP contribution in [0.5, 0.6) is 5.75 Å². The van der Waals surface area contributed by atoms with Crippen molar-refractivity contribution in [3.05, 3.63) is 106 Å². The third-order valence-electron chi connectivity index (χ3n) is 3.76. The number of ketones is 1. The number of carbonyl (C=O) groups excluding carboxylic acids is 2. The van der Waals surface area contributed by atoms with Gasteiger partial charge in [-0.15, -0.1) is 0 Å². The van der Waals surface area contributed by atoms with Crippen molar-refractivity contribution >= 4 is 41.0 Å². The van der Waals surface area contributed by atoms with E-state index in [0.29, 0.717) is 26.9 Å². The second-order valence-electron chi connectivity index (χ2n) is 5.61. The maximum atomic E-state index is 12.4. The molecule has 27 heavy (non-hydrogen) atoms. The van der Waals surface area contributed by atoms with E-state index in [9.17, 15) is 9.59 Å². The van der Waals surface area contributed by atoms with Crippen LogP contribution in [0.15, 0.2) is 78.9 Å². The maximum absolute atomic E-state index is 12.4. The zero-order valence-corrected chi connectivity index (χ0v) is 15.6. The lowest BCUT2D eigenvalue weighted by molar-refractivity contribution is 0.0734. The third kappa shape index (κ3) is 4.85. The summed E-state index contributed by atoms with van der Waals surface area (Å²) in [6, 6.07) is 20.2. The van der Waals surface area contributed by atoms with Gasteiger partial charge in [-0.3, -0.25) is 4.79 Å². The molecule has 0 saturated carbocycles. The average Bonchev–Trinajstić information content (AvgIpc) is 2.68. The number of para-hydroxylation sites is 1.